The summed E-state index contributed by atoms with van der Waals surface area (Å²) in [4.78, 5) is 2.47. The molecule has 1 fully saturated rings. The van der Waals surface area contributed by atoms with Crippen molar-refractivity contribution in [2.75, 3.05) is 26.7 Å². The molecule has 0 unspecified atom stereocenters. The normalized spacial score (nSPS) is 18.7. The minimum atomic E-state index is 0.514. The van der Waals surface area contributed by atoms with E-state index in [0.717, 1.165) is 80.4 Å². The van der Waals surface area contributed by atoms with Gasteiger partial charge in [-0.25, -0.2) is 0 Å². The number of nitrogens with one attached hydrogen (secondary N) is 1. The quantitative estimate of drug-likeness (QED) is 0.764. The van der Waals surface area contributed by atoms with Crippen LogP contribution in [0.5, 0.6) is 5.75 Å². The third-order valence-electron chi connectivity index (χ3n) is 5.76. The number of rotatable bonds is 4. The summed E-state index contributed by atoms with van der Waals surface area (Å²) in [6.07, 6.45) is 2.25. The van der Waals surface area contributed by atoms with Crippen LogP contribution in [0.4, 0.5) is 0 Å². The Bertz CT molecular complexity index is 939. The smallest absolute Gasteiger partial charge is 0.147 e. The first-order chi connectivity index (χ1) is 13.3. The van der Waals surface area contributed by atoms with Crippen molar-refractivity contribution in [2.24, 2.45) is 0 Å². The Labute approximate surface area is 158 Å². The van der Waals surface area contributed by atoms with Crippen LogP contribution in [0.3, 0.4) is 0 Å². The second-order valence-electron chi connectivity index (χ2n) is 7.47. The van der Waals surface area contributed by atoms with Crippen molar-refractivity contribution >= 4 is 11.0 Å². The van der Waals surface area contributed by atoms with Crippen LogP contribution in [0, 0.1) is 0 Å². The van der Waals surface area contributed by atoms with Gasteiger partial charge in [0.25, 0.3) is 0 Å². The molecular weight excluding hydrogens is 342 g/mol. The van der Waals surface area contributed by atoms with E-state index in [2.05, 4.69) is 31.0 Å². The van der Waals surface area contributed by atoms with Gasteiger partial charge >= 0.3 is 0 Å². The summed E-state index contributed by atoms with van der Waals surface area (Å²) in [6.45, 7) is 5.80. The largest absolute Gasteiger partial charge is 0.497 e. The summed E-state index contributed by atoms with van der Waals surface area (Å²) in [5, 5.41) is 13.3. The van der Waals surface area contributed by atoms with E-state index in [4.69, 9.17) is 9.15 Å². The minimum Gasteiger partial charge on any atom is -0.497 e. The first kappa shape index (κ1) is 16.8. The lowest BCUT2D eigenvalue weighted by atomic mass is 9.95. The molecule has 0 saturated carbocycles. The Balaban J connectivity index is 1.24. The third-order valence-corrected chi connectivity index (χ3v) is 5.76. The van der Waals surface area contributed by atoms with Gasteiger partial charge in [0, 0.05) is 24.4 Å². The fourth-order valence-electron chi connectivity index (χ4n) is 4.27. The van der Waals surface area contributed by atoms with E-state index >= 15 is 0 Å². The Morgan fingerprint density at radius 1 is 1.19 bits per heavy atom. The second kappa shape index (κ2) is 6.98. The predicted molar refractivity (Wildman–Crippen MR) is 102 cm³/mol. The van der Waals surface area contributed by atoms with Crippen molar-refractivity contribution in [3.63, 3.8) is 0 Å². The monoisotopic (exact) mass is 367 g/mol. The fraction of sp³-hybridized carbons (Fsp3) is 0.500. The van der Waals surface area contributed by atoms with Gasteiger partial charge in [-0.05, 0) is 50.2 Å². The number of fused-ring (bicyclic) bond motifs is 2. The van der Waals surface area contributed by atoms with E-state index in [9.17, 15) is 0 Å². The Morgan fingerprint density at radius 3 is 2.93 bits per heavy atom. The standard InChI is InChI=1S/C20H25N5O2/c1-26-16-2-3-18-15(10-16)11-17(27-18)13-24-7-4-14(5-8-24)20-23-22-19-12-21-6-9-25(19)20/h2-3,10-11,14,21H,4-9,12-13H2,1H3. The zero-order valence-electron chi connectivity index (χ0n) is 15.6. The van der Waals surface area contributed by atoms with Gasteiger partial charge in [0.05, 0.1) is 20.2 Å². The number of likely N-dealkylation sites (tertiary alicyclic amines) is 1. The van der Waals surface area contributed by atoms with Crippen molar-refractivity contribution in [2.45, 2.75) is 38.4 Å². The number of aromatic nitrogens is 3. The highest BCUT2D eigenvalue weighted by Crippen LogP contribution is 2.30. The molecule has 2 aromatic heterocycles. The van der Waals surface area contributed by atoms with Crippen LogP contribution in [0.15, 0.2) is 28.7 Å². The maximum Gasteiger partial charge on any atom is 0.147 e. The first-order valence-electron chi connectivity index (χ1n) is 9.71. The Kier molecular flexibility index (Phi) is 4.33. The van der Waals surface area contributed by atoms with Crippen LogP contribution in [-0.2, 0) is 19.6 Å². The lowest BCUT2D eigenvalue weighted by Gasteiger charge is -2.31. The molecule has 1 aromatic carbocycles. The van der Waals surface area contributed by atoms with Gasteiger partial charge in [0.2, 0.25) is 0 Å². The SMILES string of the molecule is COc1ccc2oc(CN3CCC(c4nnc5n4CCNC5)CC3)cc2c1. The number of furan rings is 1. The van der Waals surface area contributed by atoms with E-state index in [-0.39, 0.29) is 0 Å². The lowest BCUT2D eigenvalue weighted by Crippen LogP contribution is -2.34. The number of hydrogen-bond donors (Lipinski definition) is 1. The van der Waals surface area contributed by atoms with Gasteiger partial charge < -0.3 is 19.0 Å². The van der Waals surface area contributed by atoms with Crippen molar-refractivity contribution in [1.29, 1.82) is 0 Å². The number of benzene rings is 1. The van der Waals surface area contributed by atoms with E-state index in [0.29, 0.717) is 5.92 Å². The molecule has 2 aliphatic rings. The fourth-order valence-corrected chi connectivity index (χ4v) is 4.27. The summed E-state index contributed by atoms with van der Waals surface area (Å²) in [5.41, 5.74) is 0.921. The molecule has 0 atom stereocenters. The molecule has 0 bridgehead atoms. The first-order valence-corrected chi connectivity index (χ1v) is 9.71. The Hall–Kier alpha value is -2.38. The average Bonchev–Trinajstić information content (AvgIpc) is 3.31. The lowest BCUT2D eigenvalue weighted by molar-refractivity contribution is 0.188. The molecule has 4 heterocycles. The topological polar surface area (TPSA) is 68.3 Å². The third kappa shape index (κ3) is 3.21. The molecule has 0 aliphatic carbocycles. The van der Waals surface area contributed by atoms with Crippen LogP contribution < -0.4 is 10.1 Å². The molecule has 27 heavy (non-hydrogen) atoms. The zero-order valence-corrected chi connectivity index (χ0v) is 15.6. The van der Waals surface area contributed by atoms with Gasteiger partial charge in [-0.1, -0.05) is 0 Å². The van der Waals surface area contributed by atoms with Gasteiger partial charge in [0.15, 0.2) is 0 Å². The van der Waals surface area contributed by atoms with Crippen molar-refractivity contribution in [3.8, 4) is 5.75 Å². The highest BCUT2D eigenvalue weighted by Gasteiger charge is 2.27. The molecule has 5 rings (SSSR count). The van der Waals surface area contributed by atoms with Crippen LogP contribution >= 0.6 is 0 Å². The molecule has 7 heteroatoms. The maximum atomic E-state index is 6.01. The Morgan fingerprint density at radius 2 is 2.07 bits per heavy atom. The summed E-state index contributed by atoms with van der Waals surface area (Å²) in [7, 11) is 1.69. The molecule has 2 aliphatic heterocycles. The van der Waals surface area contributed by atoms with Crippen LogP contribution in [-0.4, -0.2) is 46.4 Å². The minimum absolute atomic E-state index is 0.514. The molecule has 0 spiro atoms. The van der Waals surface area contributed by atoms with Crippen LogP contribution in [0.25, 0.3) is 11.0 Å². The highest BCUT2D eigenvalue weighted by molar-refractivity contribution is 5.79. The number of hydrogen-bond acceptors (Lipinski definition) is 6. The molecule has 3 aromatic rings. The summed E-state index contributed by atoms with van der Waals surface area (Å²) in [6, 6.07) is 8.08. The second-order valence-corrected chi connectivity index (χ2v) is 7.47. The predicted octanol–water partition coefficient (Wildman–Crippen LogP) is 2.52. The summed E-state index contributed by atoms with van der Waals surface area (Å²) in [5.74, 6) is 4.66. The maximum absolute atomic E-state index is 6.01. The summed E-state index contributed by atoms with van der Waals surface area (Å²) >= 11 is 0. The zero-order chi connectivity index (χ0) is 18.2. The van der Waals surface area contributed by atoms with E-state index < -0.39 is 0 Å². The summed E-state index contributed by atoms with van der Waals surface area (Å²) < 4.78 is 13.6. The van der Waals surface area contributed by atoms with E-state index in [1.54, 1.807) is 7.11 Å². The molecule has 0 radical (unpaired) electrons. The van der Waals surface area contributed by atoms with Gasteiger partial charge in [-0.2, -0.15) is 0 Å². The van der Waals surface area contributed by atoms with Crippen LogP contribution in [0.2, 0.25) is 0 Å². The molecule has 142 valence electrons. The molecule has 7 nitrogen and oxygen atoms in total. The van der Waals surface area contributed by atoms with Crippen LogP contribution in [0.1, 0.15) is 36.2 Å². The number of nitrogens with zero attached hydrogens (tertiary/aromatic N) is 4. The molecule has 1 saturated heterocycles. The number of piperidine rings is 1. The van der Waals surface area contributed by atoms with Crippen molar-refractivity contribution in [1.82, 2.24) is 25.0 Å². The van der Waals surface area contributed by atoms with E-state index in [1.807, 2.05) is 18.2 Å². The number of methoxy groups -OCH3 is 1. The van der Waals surface area contributed by atoms with E-state index in [1.165, 1.54) is 5.82 Å². The van der Waals surface area contributed by atoms with Gasteiger partial charge in [0.1, 0.15) is 28.7 Å². The molecular formula is C20H25N5O2. The van der Waals surface area contributed by atoms with Gasteiger partial charge in [-0.15, -0.1) is 10.2 Å². The van der Waals surface area contributed by atoms with Crippen molar-refractivity contribution < 1.29 is 9.15 Å². The number of ether oxygens (including phenoxy) is 1. The van der Waals surface area contributed by atoms with Gasteiger partial charge in [-0.3, -0.25) is 4.90 Å². The molecule has 1 N–H and O–H groups in total. The molecule has 0 amide bonds. The van der Waals surface area contributed by atoms with Crippen molar-refractivity contribution in [3.05, 3.63) is 41.7 Å². The highest BCUT2D eigenvalue weighted by atomic mass is 16.5. The average molecular weight is 367 g/mol.